The predicted molar refractivity (Wildman–Crippen MR) is 63.4 cm³/mol. The molecule has 2 aromatic rings. The Labute approximate surface area is 90.9 Å². The summed E-state index contributed by atoms with van der Waals surface area (Å²) in [4.78, 5) is 0. The van der Waals surface area contributed by atoms with Crippen molar-refractivity contribution in [3.05, 3.63) is 35.2 Å². The Balaban J connectivity index is 2.71. The molecule has 0 saturated carbocycles. The highest BCUT2D eigenvalue weighted by Crippen LogP contribution is 2.23. The first-order valence-corrected chi connectivity index (χ1v) is 5.60. The number of hydrogen-bond acceptors (Lipinski definition) is 1. The topological polar surface area (TPSA) is 17.3 Å². The summed E-state index contributed by atoms with van der Waals surface area (Å²) in [6.45, 7) is 8.80. The maximum Gasteiger partial charge on any atom is 0.0693 e. The van der Waals surface area contributed by atoms with E-state index in [1.165, 1.54) is 22.2 Å². The minimum atomic E-state index is 0.583. The van der Waals surface area contributed by atoms with Crippen LogP contribution in [0.4, 0.5) is 0 Å². The molecule has 0 saturated heterocycles. The van der Waals surface area contributed by atoms with Crippen molar-refractivity contribution in [1.29, 1.82) is 0 Å². The first-order chi connectivity index (χ1) is 7.13. The van der Waals surface area contributed by atoms with Crippen LogP contribution in [0.3, 0.4) is 0 Å². The van der Waals surface area contributed by atoms with E-state index in [4.69, 9.17) is 0 Å². The first kappa shape index (κ1) is 10.2. The van der Waals surface area contributed by atoms with Crippen molar-refractivity contribution < 1.29 is 0 Å². The molecule has 0 N–H and O–H groups in total. The molecule has 0 aromatic carbocycles. The second-order valence-electron chi connectivity index (χ2n) is 4.42. The average molecular weight is 202 g/mol. The number of fused-ring (bicyclic) bond motifs is 1. The Morgan fingerprint density at radius 2 is 2.13 bits per heavy atom. The number of aromatic nitrogens is 2. The van der Waals surface area contributed by atoms with Gasteiger partial charge in [0, 0.05) is 6.20 Å². The third-order valence-corrected chi connectivity index (χ3v) is 2.97. The molecule has 15 heavy (non-hydrogen) atoms. The predicted octanol–water partition coefficient (Wildman–Crippen LogP) is 3.33. The monoisotopic (exact) mass is 202 g/mol. The van der Waals surface area contributed by atoms with Gasteiger partial charge in [0.2, 0.25) is 0 Å². The van der Waals surface area contributed by atoms with Crippen LogP contribution in [-0.2, 0) is 6.42 Å². The van der Waals surface area contributed by atoms with Crippen LogP contribution in [0.2, 0.25) is 0 Å². The molecule has 2 rings (SSSR count). The molecule has 0 aliphatic carbocycles. The SMILES string of the molecule is CCc1cn2ncc(C)c2cc1C(C)C. The lowest BCUT2D eigenvalue weighted by Gasteiger charge is -2.12. The van der Waals surface area contributed by atoms with Crippen LogP contribution in [0.15, 0.2) is 18.5 Å². The fourth-order valence-corrected chi connectivity index (χ4v) is 2.04. The summed E-state index contributed by atoms with van der Waals surface area (Å²) in [5, 5.41) is 4.34. The molecule has 0 radical (unpaired) electrons. The van der Waals surface area contributed by atoms with Crippen molar-refractivity contribution in [2.24, 2.45) is 0 Å². The summed E-state index contributed by atoms with van der Waals surface area (Å²) >= 11 is 0. The minimum absolute atomic E-state index is 0.583. The average Bonchev–Trinajstić information content (AvgIpc) is 2.58. The highest BCUT2D eigenvalue weighted by molar-refractivity contribution is 5.56. The van der Waals surface area contributed by atoms with Gasteiger partial charge in [0.25, 0.3) is 0 Å². The van der Waals surface area contributed by atoms with Crippen molar-refractivity contribution in [3.63, 3.8) is 0 Å². The minimum Gasteiger partial charge on any atom is -0.240 e. The van der Waals surface area contributed by atoms with Gasteiger partial charge in [-0.1, -0.05) is 20.8 Å². The smallest absolute Gasteiger partial charge is 0.0693 e. The molecule has 0 atom stereocenters. The van der Waals surface area contributed by atoms with E-state index >= 15 is 0 Å². The second kappa shape index (κ2) is 3.69. The van der Waals surface area contributed by atoms with E-state index in [0.717, 1.165) is 6.42 Å². The molecular weight excluding hydrogens is 184 g/mol. The van der Waals surface area contributed by atoms with Crippen LogP contribution < -0.4 is 0 Å². The van der Waals surface area contributed by atoms with Gasteiger partial charge in [-0.05, 0) is 42.0 Å². The molecule has 0 bridgehead atoms. The summed E-state index contributed by atoms with van der Waals surface area (Å²) in [6.07, 6.45) is 5.17. The van der Waals surface area contributed by atoms with E-state index in [1.807, 2.05) is 10.7 Å². The van der Waals surface area contributed by atoms with Crippen LogP contribution in [0.1, 0.15) is 43.4 Å². The molecule has 2 heterocycles. The normalized spacial score (nSPS) is 11.5. The van der Waals surface area contributed by atoms with Gasteiger partial charge in [-0.25, -0.2) is 4.52 Å². The molecule has 0 aliphatic heterocycles. The van der Waals surface area contributed by atoms with Crippen molar-refractivity contribution >= 4 is 5.52 Å². The van der Waals surface area contributed by atoms with Gasteiger partial charge in [-0.3, -0.25) is 0 Å². The molecule has 0 aliphatic rings. The van der Waals surface area contributed by atoms with Crippen molar-refractivity contribution in [2.45, 2.75) is 40.0 Å². The number of nitrogens with zero attached hydrogens (tertiary/aromatic N) is 2. The number of pyridine rings is 1. The van der Waals surface area contributed by atoms with Crippen LogP contribution in [-0.4, -0.2) is 9.61 Å². The summed E-state index contributed by atoms with van der Waals surface area (Å²) in [5.74, 6) is 0.583. The third-order valence-electron chi connectivity index (χ3n) is 2.97. The van der Waals surface area contributed by atoms with E-state index in [1.54, 1.807) is 0 Å². The van der Waals surface area contributed by atoms with Crippen LogP contribution in [0, 0.1) is 6.92 Å². The number of hydrogen-bond donors (Lipinski definition) is 0. The van der Waals surface area contributed by atoms with Crippen LogP contribution in [0.25, 0.3) is 5.52 Å². The van der Waals surface area contributed by atoms with Gasteiger partial charge >= 0.3 is 0 Å². The summed E-state index contributed by atoms with van der Waals surface area (Å²) in [5.41, 5.74) is 5.34. The van der Waals surface area contributed by atoms with Crippen LogP contribution in [0.5, 0.6) is 0 Å². The van der Waals surface area contributed by atoms with E-state index in [0.29, 0.717) is 5.92 Å². The van der Waals surface area contributed by atoms with Gasteiger partial charge in [0.15, 0.2) is 0 Å². The molecule has 80 valence electrons. The van der Waals surface area contributed by atoms with Gasteiger partial charge in [-0.2, -0.15) is 5.10 Å². The molecule has 2 nitrogen and oxygen atoms in total. The largest absolute Gasteiger partial charge is 0.240 e. The second-order valence-corrected chi connectivity index (χ2v) is 4.42. The summed E-state index contributed by atoms with van der Waals surface area (Å²) < 4.78 is 1.99. The standard InChI is InChI=1S/C13H18N2/c1-5-11-8-15-13(10(4)7-14-15)6-12(11)9(2)3/h6-9H,5H2,1-4H3. The lowest BCUT2D eigenvalue weighted by molar-refractivity contribution is 0.827. The molecule has 0 unspecified atom stereocenters. The zero-order valence-corrected chi connectivity index (χ0v) is 9.91. The fraction of sp³-hybridized carbons (Fsp3) is 0.462. The summed E-state index contributed by atoms with van der Waals surface area (Å²) in [7, 11) is 0. The quantitative estimate of drug-likeness (QED) is 0.730. The zero-order valence-electron chi connectivity index (χ0n) is 9.91. The molecule has 2 heteroatoms. The number of aryl methyl sites for hydroxylation is 2. The number of rotatable bonds is 2. The molecule has 0 fully saturated rings. The Morgan fingerprint density at radius 1 is 1.40 bits per heavy atom. The molecule has 0 amide bonds. The molecular formula is C13H18N2. The van der Waals surface area contributed by atoms with Crippen molar-refractivity contribution in [1.82, 2.24) is 9.61 Å². The molecule has 2 aromatic heterocycles. The maximum absolute atomic E-state index is 4.34. The van der Waals surface area contributed by atoms with Gasteiger partial charge in [0.05, 0.1) is 11.7 Å². The van der Waals surface area contributed by atoms with Gasteiger partial charge < -0.3 is 0 Å². The van der Waals surface area contributed by atoms with E-state index in [2.05, 4.69) is 45.1 Å². The highest BCUT2D eigenvalue weighted by Gasteiger charge is 2.09. The Hall–Kier alpha value is -1.31. The lowest BCUT2D eigenvalue weighted by Crippen LogP contribution is -1.99. The highest BCUT2D eigenvalue weighted by atomic mass is 15.2. The van der Waals surface area contributed by atoms with E-state index in [9.17, 15) is 0 Å². The summed E-state index contributed by atoms with van der Waals surface area (Å²) in [6, 6.07) is 2.28. The Kier molecular flexibility index (Phi) is 2.51. The Bertz CT molecular complexity index is 480. The van der Waals surface area contributed by atoms with E-state index in [-0.39, 0.29) is 0 Å². The fourth-order valence-electron chi connectivity index (χ4n) is 2.04. The van der Waals surface area contributed by atoms with Gasteiger partial charge in [0.1, 0.15) is 0 Å². The third kappa shape index (κ3) is 1.65. The lowest BCUT2D eigenvalue weighted by atomic mass is 9.97. The van der Waals surface area contributed by atoms with Gasteiger partial charge in [-0.15, -0.1) is 0 Å². The zero-order chi connectivity index (χ0) is 11.0. The Morgan fingerprint density at radius 3 is 2.73 bits per heavy atom. The first-order valence-electron chi connectivity index (χ1n) is 5.60. The molecule has 0 spiro atoms. The van der Waals surface area contributed by atoms with Crippen molar-refractivity contribution in [2.75, 3.05) is 0 Å². The van der Waals surface area contributed by atoms with E-state index < -0.39 is 0 Å². The van der Waals surface area contributed by atoms with Crippen LogP contribution >= 0.6 is 0 Å². The van der Waals surface area contributed by atoms with Crippen molar-refractivity contribution in [3.8, 4) is 0 Å². The maximum atomic E-state index is 4.34.